The summed E-state index contributed by atoms with van der Waals surface area (Å²) in [6.07, 6.45) is 7.21. The van der Waals surface area contributed by atoms with Gasteiger partial charge in [0.25, 0.3) is 0 Å². The minimum atomic E-state index is -1.82. The van der Waals surface area contributed by atoms with E-state index >= 15 is 0 Å². The maximum atomic E-state index is 12.7. The lowest BCUT2D eigenvalue weighted by molar-refractivity contribution is -0.159. The third-order valence-electron chi connectivity index (χ3n) is 6.24. The van der Waals surface area contributed by atoms with Crippen LogP contribution in [0.25, 0.3) is 0 Å². The Morgan fingerprint density at radius 2 is 1.70 bits per heavy atom. The molecular formula is C20H28N4O6. The molecule has 1 saturated heterocycles. The Morgan fingerprint density at radius 1 is 1.10 bits per heavy atom. The fourth-order valence-corrected chi connectivity index (χ4v) is 4.34. The molecule has 0 bridgehead atoms. The van der Waals surface area contributed by atoms with E-state index in [1.807, 2.05) is 4.90 Å². The number of aliphatic carboxylic acids is 2. The molecule has 164 valence electrons. The van der Waals surface area contributed by atoms with E-state index < -0.39 is 11.9 Å². The van der Waals surface area contributed by atoms with Crippen LogP contribution >= 0.6 is 0 Å². The second kappa shape index (κ2) is 8.17. The number of anilines is 1. The van der Waals surface area contributed by atoms with E-state index in [9.17, 15) is 4.79 Å². The van der Waals surface area contributed by atoms with Gasteiger partial charge in [0.2, 0.25) is 5.91 Å². The molecule has 4 rings (SSSR count). The van der Waals surface area contributed by atoms with Crippen LogP contribution in [0.3, 0.4) is 0 Å². The van der Waals surface area contributed by atoms with Gasteiger partial charge in [-0.2, -0.15) is 0 Å². The third kappa shape index (κ3) is 3.96. The second-order valence-corrected chi connectivity index (χ2v) is 8.51. The zero-order valence-corrected chi connectivity index (χ0v) is 17.5. The topological polar surface area (TPSA) is 133 Å². The van der Waals surface area contributed by atoms with Gasteiger partial charge in [-0.3, -0.25) is 9.78 Å². The number of hydrogen-bond donors (Lipinski definition) is 2. The number of carboxylic acids is 2. The number of aromatic nitrogens is 2. The van der Waals surface area contributed by atoms with Crippen LogP contribution in [0.5, 0.6) is 0 Å². The summed E-state index contributed by atoms with van der Waals surface area (Å²) in [7, 11) is 1.73. The highest BCUT2D eigenvalue weighted by Crippen LogP contribution is 2.46. The summed E-state index contributed by atoms with van der Waals surface area (Å²) in [5.41, 5.74) is 0.827. The Balaban J connectivity index is 0.000000377. The Hall–Kier alpha value is -2.75. The molecule has 10 heteroatoms. The number of fused-ring (bicyclic) bond motifs is 2. The van der Waals surface area contributed by atoms with Gasteiger partial charge in [0.15, 0.2) is 5.82 Å². The molecule has 0 aromatic carbocycles. The van der Waals surface area contributed by atoms with Gasteiger partial charge in [-0.15, -0.1) is 0 Å². The molecule has 3 heterocycles. The number of likely N-dealkylation sites (tertiary alicyclic amines) is 1. The average molecular weight is 420 g/mol. The van der Waals surface area contributed by atoms with Crippen molar-refractivity contribution < 1.29 is 29.3 Å². The lowest BCUT2D eigenvalue weighted by atomic mass is 9.75. The monoisotopic (exact) mass is 420 g/mol. The van der Waals surface area contributed by atoms with Gasteiger partial charge in [-0.25, -0.2) is 14.6 Å². The molecule has 3 aliphatic rings. The van der Waals surface area contributed by atoms with Crippen molar-refractivity contribution in [1.82, 2.24) is 14.9 Å². The predicted octanol–water partition coefficient (Wildman–Crippen LogP) is 0.900. The fourth-order valence-electron chi connectivity index (χ4n) is 4.34. The number of hydrogen-bond acceptors (Lipinski definition) is 7. The number of carboxylic acid groups (broad SMARTS) is 2. The Kier molecular flexibility index (Phi) is 5.98. The van der Waals surface area contributed by atoms with Gasteiger partial charge in [0.05, 0.1) is 23.1 Å². The molecule has 30 heavy (non-hydrogen) atoms. The lowest BCUT2D eigenvalue weighted by Crippen LogP contribution is -2.64. The van der Waals surface area contributed by atoms with Crippen molar-refractivity contribution >= 4 is 23.7 Å². The third-order valence-corrected chi connectivity index (χ3v) is 6.24. The second-order valence-electron chi connectivity index (χ2n) is 8.51. The minimum Gasteiger partial charge on any atom is -0.473 e. The first-order chi connectivity index (χ1) is 14.1. The first-order valence-electron chi connectivity index (χ1n) is 10.0. The molecule has 2 fully saturated rings. The molecule has 1 spiro atoms. The zero-order chi connectivity index (χ0) is 22.1. The van der Waals surface area contributed by atoms with Crippen molar-refractivity contribution in [2.45, 2.75) is 56.6 Å². The SMILES string of the molecule is COC1(CC(=O)N2CC3(C2)CN(C(C)C)c2nccnc23)CCC1.O=C(O)C(=O)O. The Labute approximate surface area is 174 Å². The fraction of sp³-hybridized carbons (Fsp3) is 0.650. The predicted molar refractivity (Wildman–Crippen MR) is 106 cm³/mol. The van der Waals surface area contributed by atoms with Gasteiger partial charge in [-0.1, -0.05) is 0 Å². The standard InChI is InChI=1S/C18H26N4O2.C2H2O4/c1-13(2)22-12-17(15-16(22)20-8-7-19-15)10-21(11-17)14(23)9-18(24-3)5-4-6-18;3-1(4)2(5)6/h7-8,13H,4-6,9-12H2,1-3H3;(H,3,4)(H,5,6). The molecule has 1 amide bonds. The maximum Gasteiger partial charge on any atom is 0.414 e. The van der Waals surface area contributed by atoms with E-state index in [1.54, 1.807) is 19.5 Å². The summed E-state index contributed by atoms with van der Waals surface area (Å²) in [5, 5.41) is 14.8. The van der Waals surface area contributed by atoms with Gasteiger partial charge in [-0.05, 0) is 33.1 Å². The van der Waals surface area contributed by atoms with Crippen LogP contribution in [-0.4, -0.2) is 81.3 Å². The van der Waals surface area contributed by atoms with Crippen LogP contribution in [0.1, 0.15) is 45.2 Å². The van der Waals surface area contributed by atoms with E-state index in [1.165, 1.54) is 0 Å². The number of amides is 1. The number of carbonyl (C=O) groups is 3. The molecule has 0 unspecified atom stereocenters. The highest BCUT2D eigenvalue weighted by molar-refractivity contribution is 6.27. The van der Waals surface area contributed by atoms with E-state index in [2.05, 4.69) is 28.7 Å². The lowest BCUT2D eigenvalue weighted by Gasteiger charge is -2.49. The molecular weight excluding hydrogens is 392 g/mol. The van der Waals surface area contributed by atoms with Crippen molar-refractivity contribution in [1.29, 1.82) is 0 Å². The molecule has 2 N–H and O–H groups in total. The average Bonchev–Trinajstić information content (AvgIpc) is 3.00. The summed E-state index contributed by atoms with van der Waals surface area (Å²) in [6.45, 7) is 6.76. The maximum absolute atomic E-state index is 12.7. The quantitative estimate of drug-likeness (QED) is 0.682. The summed E-state index contributed by atoms with van der Waals surface area (Å²) in [4.78, 5) is 44.3. The molecule has 1 aliphatic carbocycles. The largest absolute Gasteiger partial charge is 0.473 e. The summed E-state index contributed by atoms with van der Waals surface area (Å²) >= 11 is 0. The van der Waals surface area contributed by atoms with Crippen LogP contribution in [-0.2, 0) is 24.5 Å². The van der Waals surface area contributed by atoms with E-state index in [0.29, 0.717) is 12.5 Å². The first kappa shape index (κ1) is 21.9. The molecule has 2 aliphatic heterocycles. The Morgan fingerprint density at radius 3 is 2.17 bits per heavy atom. The molecule has 10 nitrogen and oxygen atoms in total. The highest BCUT2D eigenvalue weighted by Gasteiger charge is 2.55. The van der Waals surface area contributed by atoms with Crippen LogP contribution in [0.15, 0.2) is 12.4 Å². The van der Waals surface area contributed by atoms with Crippen LogP contribution in [0.2, 0.25) is 0 Å². The van der Waals surface area contributed by atoms with Crippen molar-refractivity contribution in [2.24, 2.45) is 0 Å². The number of ether oxygens (including phenoxy) is 1. The molecule has 1 aromatic heterocycles. The smallest absolute Gasteiger partial charge is 0.414 e. The van der Waals surface area contributed by atoms with Gasteiger partial charge in [0.1, 0.15) is 0 Å². The minimum absolute atomic E-state index is 0.0383. The van der Waals surface area contributed by atoms with Crippen LogP contribution in [0.4, 0.5) is 5.82 Å². The van der Waals surface area contributed by atoms with E-state index in [-0.39, 0.29) is 16.9 Å². The molecule has 1 aromatic rings. The molecule has 0 radical (unpaired) electrons. The van der Waals surface area contributed by atoms with Crippen LogP contribution < -0.4 is 4.90 Å². The normalized spacial score (nSPS) is 20.0. The number of methoxy groups -OCH3 is 1. The number of nitrogens with zero attached hydrogens (tertiary/aromatic N) is 4. The van der Waals surface area contributed by atoms with Crippen molar-refractivity contribution in [3.8, 4) is 0 Å². The number of carbonyl (C=O) groups excluding carboxylic acids is 1. The van der Waals surface area contributed by atoms with Crippen molar-refractivity contribution in [3.63, 3.8) is 0 Å². The van der Waals surface area contributed by atoms with Crippen molar-refractivity contribution in [2.75, 3.05) is 31.6 Å². The van der Waals surface area contributed by atoms with E-state index in [4.69, 9.17) is 24.5 Å². The number of rotatable bonds is 4. The molecule has 1 saturated carbocycles. The van der Waals surface area contributed by atoms with Crippen molar-refractivity contribution in [3.05, 3.63) is 18.1 Å². The van der Waals surface area contributed by atoms with E-state index in [0.717, 1.165) is 50.4 Å². The first-order valence-corrected chi connectivity index (χ1v) is 10.0. The van der Waals surface area contributed by atoms with Crippen LogP contribution in [0, 0.1) is 0 Å². The molecule has 0 atom stereocenters. The highest BCUT2D eigenvalue weighted by atomic mass is 16.5. The van der Waals surface area contributed by atoms with Gasteiger partial charge in [0, 0.05) is 45.2 Å². The van der Waals surface area contributed by atoms with Gasteiger partial charge >= 0.3 is 11.9 Å². The van der Waals surface area contributed by atoms with Gasteiger partial charge < -0.3 is 24.7 Å². The Bertz CT molecular complexity index is 815. The summed E-state index contributed by atoms with van der Waals surface area (Å²) < 4.78 is 5.61. The summed E-state index contributed by atoms with van der Waals surface area (Å²) in [5.74, 6) is -2.44. The summed E-state index contributed by atoms with van der Waals surface area (Å²) in [6, 6.07) is 0.385. The zero-order valence-electron chi connectivity index (χ0n) is 17.5.